The van der Waals surface area contributed by atoms with E-state index in [9.17, 15) is 9.59 Å². The van der Waals surface area contributed by atoms with E-state index in [1.165, 1.54) is 0 Å². The van der Waals surface area contributed by atoms with Gasteiger partial charge in [0.05, 0.1) is 5.92 Å². The van der Waals surface area contributed by atoms with Gasteiger partial charge in [0, 0.05) is 41.9 Å². The predicted molar refractivity (Wildman–Crippen MR) is 137 cm³/mol. The van der Waals surface area contributed by atoms with Gasteiger partial charge in [-0.3, -0.25) is 9.59 Å². The van der Waals surface area contributed by atoms with Gasteiger partial charge < -0.3 is 14.6 Å². The Labute approximate surface area is 205 Å². The average Bonchev–Trinajstić information content (AvgIpc) is 3.34. The molecule has 3 aromatic carbocycles. The number of fused-ring (bicyclic) bond motifs is 1. The van der Waals surface area contributed by atoms with Crippen LogP contribution in [-0.2, 0) is 17.8 Å². The molecule has 0 radical (unpaired) electrons. The van der Waals surface area contributed by atoms with E-state index in [0.29, 0.717) is 25.1 Å². The molecule has 0 bridgehead atoms. The van der Waals surface area contributed by atoms with Crippen LogP contribution in [0.1, 0.15) is 46.5 Å². The van der Waals surface area contributed by atoms with Gasteiger partial charge in [0.25, 0.3) is 5.91 Å². The molecular formula is C30H28N2O3. The summed E-state index contributed by atoms with van der Waals surface area (Å²) in [6.45, 7) is 3.17. The standard InChI is InChI=1S/C30H28N2O3/c1-2-26(21-10-5-3-6-11-21)29(33)31-25-15-9-14-23(18-25)28-19-24-20-32(17-16-27(24)35-28)30(34)22-12-7-4-8-13-22/h3-15,18-19,26H,2,16-17,20H2,1H3,(H,31,33). The van der Waals surface area contributed by atoms with Crippen molar-refractivity contribution < 1.29 is 14.0 Å². The summed E-state index contributed by atoms with van der Waals surface area (Å²) in [4.78, 5) is 27.7. The molecule has 1 N–H and O–H groups in total. The molecule has 2 heterocycles. The van der Waals surface area contributed by atoms with Crippen molar-refractivity contribution in [2.75, 3.05) is 11.9 Å². The molecule has 1 aliphatic heterocycles. The zero-order valence-electron chi connectivity index (χ0n) is 19.7. The van der Waals surface area contributed by atoms with E-state index in [4.69, 9.17) is 4.42 Å². The Kier molecular flexibility index (Phi) is 6.49. The molecule has 5 nitrogen and oxygen atoms in total. The highest BCUT2D eigenvalue weighted by molar-refractivity contribution is 5.96. The smallest absolute Gasteiger partial charge is 0.254 e. The monoisotopic (exact) mass is 464 g/mol. The van der Waals surface area contributed by atoms with E-state index in [2.05, 4.69) is 5.32 Å². The number of furan rings is 1. The largest absolute Gasteiger partial charge is 0.461 e. The molecule has 4 aromatic rings. The Morgan fingerprint density at radius 1 is 0.943 bits per heavy atom. The molecule has 0 fully saturated rings. The fraction of sp³-hybridized carbons (Fsp3) is 0.200. The number of nitrogens with zero attached hydrogens (tertiary/aromatic N) is 1. The first-order valence-corrected chi connectivity index (χ1v) is 12.0. The second kappa shape index (κ2) is 10.0. The first kappa shape index (κ1) is 22.7. The predicted octanol–water partition coefficient (Wildman–Crippen LogP) is 6.28. The number of hydrogen-bond acceptors (Lipinski definition) is 3. The molecule has 5 rings (SSSR count). The van der Waals surface area contributed by atoms with E-state index in [1.54, 1.807) is 0 Å². The summed E-state index contributed by atoms with van der Waals surface area (Å²) < 4.78 is 6.17. The van der Waals surface area contributed by atoms with E-state index >= 15 is 0 Å². The van der Waals surface area contributed by atoms with Gasteiger partial charge in [-0.2, -0.15) is 0 Å². The molecule has 0 saturated heterocycles. The van der Waals surface area contributed by atoms with E-state index in [0.717, 1.165) is 40.3 Å². The van der Waals surface area contributed by atoms with Gasteiger partial charge in [-0.25, -0.2) is 0 Å². The summed E-state index contributed by atoms with van der Waals surface area (Å²) >= 11 is 0. The molecule has 176 valence electrons. The third kappa shape index (κ3) is 4.90. The van der Waals surface area contributed by atoms with Crippen LogP contribution < -0.4 is 5.32 Å². The van der Waals surface area contributed by atoms with Crippen molar-refractivity contribution in [2.45, 2.75) is 32.2 Å². The maximum absolute atomic E-state index is 13.0. The van der Waals surface area contributed by atoms with Crippen molar-refractivity contribution in [3.05, 3.63) is 113 Å². The van der Waals surface area contributed by atoms with Crippen LogP contribution in [0.3, 0.4) is 0 Å². The molecule has 35 heavy (non-hydrogen) atoms. The number of anilines is 1. The lowest BCUT2D eigenvalue weighted by atomic mass is 9.95. The zero-order valence-corrected chi connectivity index (χ0v) is 19.7. The molecule has 1 unspecified atom stereocenters. The van der Waals surface area contributed by atoms with Gasteiger partial charge >= 0.3 is 0 Å². The van der Waals surface area contributed by atoms with Crippen molar-refractivity contribution in [3.8, 4) is 11.3 Å². The highest BCUT2D eigenvalue weighted by atomic mass is 16.3. The third-order valence-corrected chi connectivity index (χ3v) is 6.52. The first-order chi connectivity index (χ1) is 17.1. The second-order valence-electron chi connectivity index (χ2n) is 8.84. The molecule has 1 atom stereocenters. The van der Waals surface area contributed by atoms with Crippen LogP contribution in [-0.4, -0.2) is 23.3 Å². The van der Waals surface area contributed by atoms with E-state index in [-0.39, 0.29) is 17.7 Å². The second-order valence-corrected chi connectivity index (χ2v) is 8.84. The number of benzene rings is 3. The number of rotatable bonds is 6. The minimum absolute atomic E-state index is 0.0235. The zero-order chi connectivity index (χ0) is 24.2. The SMILES string of the molecule is CCC(C(=O)Nc1cccc(-c2cc3c(o2)CCN(C(=O)c2ccccc2)C3)c1)c1ccccc1. The average molecular weight is 465 g/mol. The maximum Gasteiger partial charge on any atom is 0.254 e. The van der Waals surface area contributed by atoms with Gasteiger partial charge in [0.2, 0.25) is 5.91 Å². The van der Waals surface area contributed by atoms with E-state index < -0.39 is 0 Å². The first-order valence-electron chi connectivity index (χ1n) is 12.0. The van der Waals surface area contributed by atoms with Gasteiger partial charge in [0.1, 0.15) is 11.5 Å². The Balaban J connectivity index is 1.31. The molecule has 2 amide bonds. The number of carbonyl (C=O) groups is 2. The summed E-state index contributed by atoms with van der Waals surface area (Å²) in [6.07, 6.45) is 1.40. The molecule has 1 aromatic heterocycles. The van der Waals surface area contributed by atoms with Crippen LogP contribution in [0.2, 0.25) is 0 Å². The van der Waals surface area contributed by atoms with Gasteiger partial charge in [0.15, 0.2) is 0 Å². The molecular weight excluding hydrogens is 436 g/mol. The molecule has 5 heteroatoms. The minimum atomic E-state index is -0.205. The Hall–Kier alpha value is -4.12. The number of nitrogens with one attached hydrogen (secondary N) is 1. The number of amides is 2. The van der Waals surface area contributed by atoms with Crippen LogP contribution in [0.25, 0.3) is 11.3 Å². The van der Waals surface area contributed by atoms with Crippen LogP contribution in [0.5, 0.6) is 0 Å². The summed E-state index contributed by atoms with van der Waals surface area (Å²) in [7, 11) is 0. The topological polar surface area (TPSA) is 62.6 Å². The van der Waals surface area contributed by atoms with Crippen LogP contribution in [0.15, 0.2) is 95.4 Å². The number of carbonyl (C=O) groups excluding carboxylic acids is 2. The Morgan fingerprint density at radius 3 is 2.43 bits per heavy atom. The summed E-state index contributed by atoms with van der Waals surface area (Å²) in [6, 6.07) is 29.0. The Morgan fingerprint density at radius 2 is 1.69 bits per heavy atom. The highest BCUT2D eigenvalue weighted by Gasteiger charge is 2.25. The third-order valence-electron chi connectivity index (χ3n) is 6.52. The van der Waals surface area contributed by atoms with Crippen LogP contribution in [0, 0.1) is 0 Å². The maximum atomic E-state index is 13.0. The molecule has 0 aliphatic carbocycles. The molecule has 1 aliphatic rings. The van der Waals surface area contributed by atoms with Gasteiger partial charge in [-0.15, -0.1) is 0 Å². The van der Waals surface area contributed by atoms with Crippen LogP contribution in [0.4, 0.5) is 5.69 Å². The summed E-state index contributed by atoms with van der Waals surface area (Å²) in [5.41, 5.74) is 4.36. The summed E-state index contributed by atoms with van der Waals surface area (Å²) in [5.74, 6) is 1.47. The molecule has 0 saturated carbocycles. The fourth-order valence-corrected chi connectivity index (χ4v) is 4.65. The lowest BCUT2D eigenvalue weighted by Gasteiger charge is -2.26. The van der Waals surface area contributed by atoms with Crippen LogP contribution >= 0.6 is 0 Å². The fourth-order valence-electron chi connectivity index (χ4n) is 4.65. The van der Waals surface area contributed by atoms with Crippen molar-refractivity contribution >= 4 is 17.5 Å². The number of hydrogen-bond donors (Lipinski definition) is 1. The van der Waals surface area contributed by atoms with Gasteiger partial charge in [-0.1, -0.05) is 67.6 Å². The highest BCUT2D eigenvalue weighted by Crippen LogP contribution is 2.32. The van der Waals surface area contributed by atoms with E-state index in [1.807, 2.05) is 103 Å². The minimum Gasteiger partial charge on any atom is -0.461 e. The molecule has 0 spiro atoms. The quantitative estimate of drug-likeness (QED) is 0.365. The normalized spacial score (nSPS) is 13.7. The summed E-state index contributed by atoms with van der Waals surface area (Å²) in [5, 5.41) is 3.07. The van der Waals surface area contributed by atoms with Crippen molar-refractivity contribution in [1.29, 1.82) is 0 Å². The van der Waals surface area contributed by atoms with Gasteiger partial charge in [-0.05, 0) is 42.3 Å². The van der Waals surface area contributed by atoms with Crippen molar-refractivity contribution in [1.82, 2.24) is 4.90 Å². The lowest BCUT2D eigenvalue weighted by Crippen LogP contribution is -2.35. The van der Waals surface area contributed by atoms with Crippen molar-refractivity contribution in [2.24, 2.45) is 0 Å². The lowest BCUT2D eigenvalue weighted by molar-refractivity contribution is -0.117. The Bertz CT molecular complexity index is 1330. The van der Waals surface area contributed by atoms with Crippen molar-refractivity contribution in [3.63, 3.8) is 0 Å².